The molecule has 0 aliphatic rings. The molecule has 0 saturated carbocycles. The van der Waals surface area contributed by atoms with E-state index in [2.05, 4.69) is 17.2 Å². The number of esters is 1. The maximum absolute atomic E-state index is 12.4. The number of unbranched alkanes of at least 4 members (excludes halogenated alkanes) is 1. The van der Waals surface area contributed by atoms with Crippen LogP contribution in [0.5, 0.6) is 0 Å². The molecule has 5 nitrogen and oxygen atoms in total. The first kappa shape index (κ1) is 18.1. The molecule has 0 bridgehead atoms. The molecule has 2 aromatic heterocycles. The minimum Gasteiger partial charge on any atom is -0.462 e. The summed E-state index contributed by atoms with van der Waals surface area (Å²) in [6.45, 7) is 6.16. The summed E-state index contributed by atoms with van der Waals surface area (Å²) in [5, 5.41) is 3.39. The van der Waals surface area contributed by atoms with Crippen molar-refractivity contribution in [3.05, 3.63) is 46.1 Å². The highest BCUT2D eigenvalue weighted by Gasteiger charge is 2.24. The van der Waals surface area contributed by atoms with Gasteiger partial charge in [-0.3, -0.25) is 9.78 Å². The van der Waals surface area contributed by atoms with Crippen molar-refractivity contribution in [3.8, 4) is 0 Å². The first-order valence-corrected chi connectivity index (χ1v) is 8.90. The normalized spacial score (nSPS) is 10.5. The maximum Gasteiger partial charge on any atom is 0.341 e. The number of ether oxygens (including phenoxy) is 1. The number of hydrogen-bond acceptors (Lipinski definition) is 5. The van der Waals surface area contributed by atoms with Crippen LogP contribution in [0.15, 0.2) is 24.5 Å². The van der Waals surface area contributed by atoms with Gasteiger partial charge in [0.05, 0.1) is 17.7 Å². The Morgan fingerprint density at radius 3 is 2.75 bits per heavy atom. The molecule has 2 rings (SSSR count). The van der Waals surface area contributed by atoms with E-state index in [-0.39, 0.29) is 11.9 Å². The summed E-state index contributed by atoms with van der Waals surface area (Å²) in [6, 6.07) is 3.39. The second-order valence-corrected chi connectivity index (χ2v) is 6.59. The zero-order valence-electron chi connectivity index (χ0n) is 14.2. The SMILES string of the molecule is CCCCc1c(C)sc(NC(=O)c2cccnc2)c1C(=O)OCC. The highest BCUT2D eigenvalue weighted by atomic mass is 32.1. The molecule has 0 radical (unpaired) electrons. The van der Waals surface area contributed by atoms with Crippen LogP contribution in [0.2, 0.25) is 0 Å². The number of nitrogens with zero attached hydrogens (tertiary/aromatic N) is 1. The minimum atomic E-state index is -0.380. The number of amides is 1. The molecule has 0 saturated heterocycles. The second-order valence-electron chi connectivity index (χ2n) is 5.36. The fourth-order valence-corrected chi connectivity index (χ4v) is 3.50. The van der Waals surface area contributed by atoms with E-state index in [4.69, 9.17) is 4.74 Å². The number of carbonyl (C=O) groups excluding carboxylic acids is 2. The van der Waals surface area contributed by atoms with Gasteiger partial charge in [0.15, 0.2) is 0 Å². The molecule has 0 spiro atoms. The number of hydrogen-bond donors (Lipinski definition) is 1. The number of carbonyl (C=O) groups is 2. The summed E-state index contributed by atoms with van der Waals surface area (Å²) < 4.78 is 5.19. The van der Waals surface area contributed by atoms with Gasteiger partial charge in [-0.2, -0.15) is 0 Å². The van der Waals surface area contributed by atoms with Gasteiger partial charge in [0.25, 0.3) is 5.91 Å². The van der Waals surface area contributed by atoms with Crippen LogP contribution in [0.4, 0.5) is 5.00 Å². The molecule has 0 fully saturated rings. The number of anilines is 1. The smallest absolute Gasteiger partial charge is 0.341 e. The number of aryl methyl sites for hydroxylation is 1. The van der Waals surface area contributed by atoms with E-state index in [0.29, 0.717) is 22.7 Å². The summed E-state index contributed by atoms with van der Waals surface area (Å²) in [7, 11) is 0. The standard InChI is InChI=1S/C18H22N2O3S/c1-4-6-9-14-12(3)24-17(15(14)18(22)23-5-2)20-16(21)13-8-7-10-19-11-13/h7-8,10-11H,4-6,9H2,1-3H3,(H,20,21). The zero-order valence-corrected chi connectivity index (χ0v) is 15.0. The Labute approximate surface area is 146 Å². The van der Waals surface area contributed by atoms with Gasteiger partial charge in [0.2, 0.25) is 0 Å². The van der Waals surface area contributed by atoms with Crippen LogP contribution in [0, 0.1) is 6.92 Å². The molecule has 6 heteroatoms. The largest absolute Gasteiger partial charge is 0.462 e. The van der Waals surface area contributed by atoms with E-state index < -0.39 is 0 Å². The zero-order chi connectivity index (χ0) is 17.5. The third-order valence-electron chi connectivity index (χ3n) is 3.62. The molecule has 24 heavy (non-hydrogen) atoms. The predicted octanol–water partition coefficient (Wildman–Crippen LogP) is 4.22. The van der Waals surface area contributed by atoms with Crippen LogP contribution in [-0.2, 0) is 11.2 Å². The lowest BCUT2D eigenvalue weighted by Crippen LogP contribution is -2.15. The van der Waals surface area contributed by atoms with Crippen molar-refractivity contribution in [1.29, 1.82) is 0 Å². The maximum atomic E-state index is 12.4. The first-order chi connectivity index (χ1) is 11.6. The Morgan fingerprint density at radius 2 is 2.12 bits per heavy atom. The molecule has 0 aromatic carbocycles. The molecule has 0 atom stereocenters. The monoisotopic (exact) mass is 346 g/mol. The van der Waals surface area contributed by atoms with Crippen molar-refractivity contribution in [2.24, 2.45) is 0 Å². The summed E-state index contributed by atoms with van der Waals surface area (Å²) in [5.74, 6) is -0.661. The number of pyridine rings is 1. The Kier molecular flexibility index (Phi) is 6.49. The van der Waals surface area contributed by atoms with Gasteiger partial charge < -0.3 is 10.1 Å². The summed E-state index contributed by atoms with van der Waals surface area (Å²) in [5.41, 5.74) is 1.92. The Bertz CT molecular complexity index is 711. The second kappa shape index (κ2) is 8.59. The fraction of sp³-hybridized carbons (Fsp3) is 0.389. The molecule has 1 N–H and O–H groups in total. The van der Waals surface area contributed by atoms with Crippen LogP contribution in [0.25, 0.3) is 0 Å². The molecule has 1 amide bonds. The molecule has 0 aliphatic carbocycles. The lowest BCUT2D eigenvalue weighted by Gasteiger charge is -2.08. The van der Waals surface area contributed by atoms with Crippen LogP contribution in [-0.4, -0.2) is 23.5 Å². The molecule has 128 valence electrons. The van der Waals surface area contributed by atoms with Crippen molar-refractivity contribution < 1.29 is 14.3 Å². The van der Waals surface area contributed by atoms with E-state index >= 15 is 0 Å². The van der Waals surface area contributed by atoms with Gasteiger partial charge in [-0.25, -0.2) is 4.79 Å². The first-order valence-electron chi connectivity index (χ1n) is 8.09. The number of aromatic nitrogens is 1. The number of thiophene rings is 1. The van der Waals surface area contributed by atoms with Gasteiger partial charge in [0, 0.05) is 17.3 Å². The van der Waals surface area contributed by atoms with Crippen molar-refractivity contribution in [3.63, 3.8) is 0 Å². The third-order valence-corrected chi connectivity index (χ3v) is 4.68. The lowest BCUT2D eigenvalue weighted by molar-refractivity contribution is 0.0527. The van der Waals surface area contributed by atoms with Crippen LogP contribution < -0.4 is 5.32 Å². The van der Waals surface area contributed by atoms with Gasteiger partial charge in [0.1, 0.15) is 5.00 Å². The van der Waals surface area contributed by atoms with E-state index in [1.54, 1.807) is 25.3 Å². The van der Waals surface area contributed by atoms with Crippen LogP contribution >= 0.6 is 11.3 Å². The molecule has 0 unspecified atom stereocenters. The van der Waals surface area contributed by atoms with E-state index in [1.165, 1.54) is 17.5 Å². The predicted molar refractivity (Wildman–Crippen MR) is 95.8 cm³/mol. The van der Waals surface area contributed by atoms with Crippen molar-refractivity contribution in [2.75, 3.05) is 11.9 Å². The molecule has 0 aliphatic heterocycles. The van der Waals surface area contributed by atoms with Crippen LogP contribution in [0.3, 0.4) is 0 Å². The number of nitrogens with one attached hydrogen (secondary N) is 1. The van der Waals surface area contributed by atoms with Crippen molar-refractivity contribution in [1.82, 2.24) is 4.98 Å². The third kappa shape index (κ3) is 4.20. The van der Waals surface area contributed by atoms with E-state index in [1.807, 2.05) is 6.92 Å². The number of rotatable bonds is 7. The lowest BCUT2D eigenvalue weighted by atomic mass is 10.0. The van der Waals surface area contributed by atoms with Gasteiger partial charge in [-0.1, -0.05) is 13.3 Å². The van der Waals surface area contributed by atoms with E-state index in [9.17, 15) is 9.59 Å². The Balaban J connectivity index is 2.34. The van der Waals surface area contributed by atoms with Gasteiger partial charge in [-0.05, 0) is 44.4 Å². The van der Waals surface area contributed by atoms with Gasteiger partial charge >= 0.3 is 5.97 Å². The van der Waals surface area contributed by atoms with Crippen molar-refractivity contribution >= 4 is 28.2 Å². The van der Waals surface area contributed by atoms with Crippen LogP contribution in [0.1, 0.15) is 57.8 Å². The fourth-order valence-electron chi connectivity index (χ4n) is 2.41. The van der Waals surface area contributed by atoms with Gasteiger partial charge in [-0.15, -0.1) is 11.3 Å². The summed E-state index contributed by atoms with van der Waals surface area (Å²) >= 11 is 1.42. The highest BCUT2D eigenvalue weighted by molar-refractivity contribution is 7.16. The van der Waals surface area contributed by atoms with E-state index in [0.717, 1.165) is 29.7 Å². The average molecular weight is 346 g/mol. The molecule has 2 heterocycles. The minimum absolute atomic E-state index is 0.281. The molecular weight excluding hydrogens is 324 g/mol. The molecule has 2 aromatic rings. The average Bonchev–Trinajstić information content (AvgIpc) is 2.89. The summed E-state index contributed by atoms with van der Waals surface area (Å²) in [6.07, 6.45) is 5.93. The quantitative estimate of drug-likeness (QED) is 0.762. The Hall–Kier alpha value is -2.21. The molecular formula is C18H22N2O3S. The topological polar surface area (TPSA) is 68.3 Å². The van der Waals surface area contributed by atoms with Crippen molar-refractivity contribution in [2.45, 2.75) is 40.0 Å². The Morgan fingerprint density at radius 1 is 1.33 bits per heavy atom. The summed E-state index contributed by atoms with van der Waals surface area (Å²) in [4.78, 5) is 29.8. The highest BCUT2D eigenvalue weighted by Crippen LogP contribution is 2.35.